The molecule has 1 heterocycles. The van der Waals surface area contributed by atoms with Crippen LogP contribution in [0.2, 0.25) is 0 Å². The normalized spacial score (nSPS) is 20.2. The summed E-state index contributed by atoms with van der Waals surface area (Å²) in [6.45, 7) is 4.70. The third-order valence-corrected chi connectivity index (χ3v) is 3.46. The van der Waals surface area contributed by atoms with Crippen LogP contribution < -0.4 is 10.1 Å². The Morgan fingerprint density at radius 2 is 2.31 bits per heavy atom. The number of fused-ring (bicyclic) bond motifs is 1. The molecule has 2 atom stereocenters. The summed E-state index contributed by atoms with van der Waals surface area (Å²) in [6.07, 6.45) is 1.01. The van der Waals surface area contributed by atoms with Crippen molar-refractivity contribution in [3.8, 4) is 5.75 Å². The molecule has 2 unspecified atom stereocenters. The second-order valence-corrected chi connectivity index (χ2v) is 4.83. The van der Waals surface area contributed by atoms with Gasteiger partial charge in [-0.25, -0.2) is 0 Å². The number of alkyl halides is 1. The van der Waals surface area contributed by atoms with Crippen molar-refractivity contribution >= 4 is 11.6 Å². The Bertz CT molecular complexity index is 342. The topological polar surface area (TPSA) is 21.3 Å². The zero-order chi connectivity index (χ0) is 11.4. The van der Waals surface area contributed by atoms with Crippen LogP contribution in [0, 0.1) is 0 Å². The second-order valence-electron chi connectivity index (χ2n) is 4.21. The maximum atomic E-state index is 6.06. The van der Waals surface area contributed by atoms with E-state index in [1.165, 1.54) is 5.56 Å². The predicted molar refractivity (Wildman–Crippen MR) is 67.5 cm³/mol. The summed E-state index contributed by atoms with van der Waals surface area (Å²) in [5.41, 5.74) is 1.32. The van der Waals surface area contributed by atoms with Gasteiger partial charge in [0.1, 0.15) is 5.75 Å². The Hall–Kier alpha value is -0.730. The van der Waals surface area contributed by atoms with Gasteiger partial charge in [0.15, 0.2) is 0 Å². The molecule has 0 spiro atoms. The van der Waals surface area contributed by atoms with Crippen molar-refractivity contribution in [3.05, 3.63) is 29.8 Å². The fourth-order valence-corrected chi connectivity index (χ4v) is 2.07. The Morgan fingerprint density at radius 1 is 1.50 bits per heavy atom. The highest BCUT2D eigenvalue weighted by Gasteiger charge is 2.22. The SMILES string of the molecule is CCC(Cl)CNCC1COc2ccccc21. The molecule has 0 amide bonds. The maximum Gasteiger partial charge on any atom is 0.122 e. The minimum Gasteiger partial charge on any atom is -0.493 e. The highest BCUT2D eigenvalue weighted by molar-refractivity contribution is 6.20. The van der Waals surface area contributed by atoms with Crippen LogP contribution in [0.25, 0.3) is 0 Å². The van der Waals surface area contributed by atoms with Gasteiger partial charge >= 0.3 is 0 Å². The first-order chi connectivity index (χ1) is 7.81. The van der Waals surface area contributed by atoms with Crippen LogP contribution in [0.15, 0.2) is 24.3 Å². The summed E-state index contributed by atoms with van der Waals surface area (Å²) in [5.74, 6) is 1.50. The summed E-state index contributed by atoms with van der Waals surface area (Å²) in [7, 11) is 0. The average molecular weight is 240 g/mol. The van der Waals surface area contributed by atoms with E-state index in [2.05, 4.69) is 24.4 Å². The molecule has 0 saturated heterocycles. The third kappa shape index (κ3) is 2.69. The van der Waals surface area contributed by atoms with Gasteiger partial charge in [-0.2, -0.15) is 0 Å². The number of nitrogens with one attached hydrogen (secondary N) is 1. The molecule has 88 valence electrons. The van der Waals surface area contributed by atoms with Gasteiger partial charge in [-0.1, -0.05) is 25.1 Å². The summed E-state index contributed by atoms with van der Waals surface area (Å²) in [6, 6.07) is 8.26. The molecule has 3 heteroatoms. The van der Waals surface area contributed by atoms with Crippen molar-refractivity contribution in [2.24, 2.45) is 0 Å². The molecule has 0 bridgehead atoms. The van der Waals surface area contributed by atoms with Crippen molar-refractivity contribution in [1.82, 2.24) is 5.32 Å². The largest absolute Gasteiger partial charge is 0.493 e. The van der Waals surface area contributed by atoms with Crippen molar-refractivity contribution in [3.63, 3.8) is 0 Å². The number of ether oxygens (including phenoxy) is 1. The summed E-state index contributed by atoms with van der Waals surface area (Å²) in [4.78, 5) is 0. The molecule has 0 aromatic heterocycles. The molecule has 16 heavy (non-hydrogen) atoms. The van der Waals surface area contributed by atoms with Crippen LogP contribution in [-0.4, -0.2) is 25.1 Å². The zero-order valence-electron chi connectivity index (χ0n) is 9.58. The quantitative estimate of drug-likeness (QED) is 0.798. The monoisotopic (exact) mass is 239 g/mol. The van der Waals surface area contributed by atoms with Gasteiger partial charge in [-0.3, -0.25) is 0 Å². The number of benzene rings is 1. The molecule has 0 radical (unpaired) electrons. The van der Waals surface area contributed by atoms with Crippen molar-refractivity contribution in [2.45, 2.75) is 24.6 Å². The third-order valence-electron chi connectivity index (χ3n) is 3.00. The first-order valence-electron chi connectivity index (χ1n) is 5.87. The number of hydrogen-bond donors (Lipinski definition) is 1. The Balaban J connectivity index is 1.84. The second kappa shape index (κ2) is 5.55. The molecule has 2 rings (SSSR count). The van der Waals surface area contributed by atoms with Gasteiger partial charge in [0, 0.05) is 29.9 Å². The molecule has 0 aliphatic carbocycles. The lowest BCUT2D eigenvalue weighted by Gasteiger charge is -2.12. The molecule has 0 saturated carbocycles. The van der Waals surface area contributed by atoms with Crippen LogP contribution in [0.5, 0.6) is 5.75 Å². The number of para-hydroxylation sites is 1. The van der Waals surface area contributed by atoms with Gasteiger partial charge in [0.05, 0.1) is 6.61 Å². The lowest BCUT2D eigenvalue weighted by molar-refractivity contribution is 0.326. The molecule has 1 aliphatic heterocycles. The minimum atomic E-state index is 0.234. The van der Waals surface area contributed by atoms with E-state index in [4.69, 9.17) is 16.3 Å². The highest BCUT2D eigenvalue weighted by Crippen LogP contribution is 2.32. The van der Waals surface area contributed by atoms with E-state index in [0.29, 0.717) is 5.92 Å². The predicted octanol–water partition coefficient (Wildman–Crippen LogP) is 2.77. The Labute approximate surface area is 102 Å². The lowest BCUT2D eigenvalue weighted by Crippen LogP contribution is -2.28. The number of hydrogen-bond acceptors (Lipinski definition) is 2. The fraction of sp³-hybridized carbons (Fsp3) is 0.538. The van der Waals surface area contributed by atoms with Crippen LogP contribution in [-0.2, 0) is 0 Å². The lowest BCUT2D eigenvalue weighted by atomic mass is 10.0. The van der Waals surface area contributed by atoms with E-state index in [1.807, 2.05) is 12.1 Å². The van der Waals surface area contributed by atoms with E-state index in [9.17, 15) is 0 Å². The maximum absolute atomic E-state index is 6.06. The van der Waals surface area contributed by atoms with E-state index < -0.39 is 0 Å². The Morgan fingerprint density at radius 3 is 3.12 bits per heavy atom. The van der Waals surface area contributed by atoms with Gasteiger partial charge in [-0.15, -0.1) is 11.6 Å². The summed E-state index contributed by atoms with van der Waals surface area (Å²) in [5, 5.41) is 3.64. The van der Waals surface area contributed by atoms with Crippen LogP contribution >= 0.6 is 11.6 Å². The van der Waals surface area contributed by atoms with E-state index in [1.54, 1.807) is 0 Å². The molecule has 1 N–H and O–H groups in total. The molecule has 1 aromatic carbocycles. The van der Waals surface area contributed by atoms with Gasteiger partial charge < -0.3 is 10.1 Å². The Kier molecular flexibility index (Phi) is 4.08. The average Bonchev–Trinajstić information content (AvgIpc) is 2.73. The van der Waals surface area contributed by atoms with E-state index in [-0.39, 0.29) is 5.38 Å². The number of rotatable bonds is 5. The van der Waals surface area contributed by atoms with Gasteiger partial charge in [-0.05, 0) is 12.5 Å². The fourth-order valence-electron chi connectivity index (χ4n) is 1.96. The van der Waals surface area contributed by atoms with E-state index >= 15 is 0 Å². The molecular formula is C13H18ClNO. The van der Waals surface area contributed by atoms with Crippen molar-refractivity contribution in [2.75, 3.05) is 19.7 Å². The molecule has 1 aliphatic rings. The zero-order valence-corrected chi connectivity index (χ0v) is 10.3. The van der Waals surface area contributed by atoms with Crippen molar-refractivity contribution < 1.29 is 4.74 Å². The standard InChI is InChI=1S/C13H18ClNO/c1-2-11(14)8-15-7-10-9-16-13-6-4-3-5-12(10)13/h3-6,10-11,15H,2,7-9H2,1H3. The summed E-state index contributed by atoms with van der Waals surface area (Å²) >= 11 is 6.06. The molecule has 1 aromatic rings. The van der Waals surface area contributed by atoms with E-state index in [0.717, 1.165) is 31.9 Å². The first-order valence-corrected chi connectivity index (χ1v) is 6.31. The van der Waals surface area contributed by atoms with Crippen molar-refractivity contribution in [1.29, 1.82) is 0 Å². The van der Waals surface area contributed by atoms with Gasteiger partial charge in [0.25, 0.3) is 0 Å². The van der Waals surface area contributed by atoms with Crippen LogP contribution in [0.3, 0.4) is 0 Å². The number of halogens is 1. The van der Waals surface area contributed by atoms with Gasteiger partial charge in [0.2, 0.25) is 0 Å². The smallest absolute Gasteiger partial charge is 0.122 e. The molecule has 2 nitrogen and oxygen atoms in total. The minimum absolute atomic E-state index is 0.234. The highest BCUT2D eigenvalue weighted by atomic mass is 35.5. The summed E-state index contributed by atoms with van der Waals surface area (Å²) < 4.78 is 5.62. The molecule has 0 fully saturated rings. The molecular weight excluding hydrogens is 222 g/mol. The van der Waals surface area contributed by atoms with Crippen LogP contribution in [0.1, 0.15) is 24.8 Å². The van der Waals surface area contributed by atoms with Crippen LogP contribution in [0.4, 0.5) is 0 Å². The first kappa shape index (κ1) is 11.7.